The van der Waals surface area contributed by atoms with Crippen molar-refractivity contribution in [1.29, 1.82) is 0 Å². The third-order valence-electron chi connectivity index (χ3n) is 8.06. The Kier molecular flexibility index (Phi) is 8.99. The molecular formula is C31H43N3O7. The minimum atomic E-state index is -0.981. The Bertz CT molecular complexity index is 1200. The molecule has 1 fully saturated rings. The molecule has 0 unspecified atom stereocenters. The molecule has 0 spiro atoms. The molecule has 0 aromatic heterocycles. The molecule has 3 heterocycles. The van der Waals surface area contributed by atoms with E-state index in [1.54, 1.807) is 4.90 Å². The number of alkyl carbamates (subject to hydrolysis) is 1. The van der Waals surface area contributed by atoms with Gasteiger partial charge in [-0.25, -0.2) is 14.4 Å². The minimum absolute atomic E-state index is 0.00938. The molecule has 0 radical (unpaired) electrons. The summed E-state index contributed by atoms with van der Waals surface area (Å²) in [5, 5.41) is 2.74. The lowest BCUT2D eigenvalue weighted by molar-refractivity contribution is -0.152. The van der Waals surface area contributed by atoms with Crippen LogP contribution in [0.15, 0.2) is 24.3 Å². The van der Waals surface area contributed by atoms with E-state index < -0.39 is 47.7 Å². The Labute approximate surface area is 242 Å². The number of carbonyl (C=O) groups excluding carboxylic acids is 4. The van der Waals surface area contributed by atoms with Gasteiger partial charge in [0.1, 0.15) is 18.2 Å². The standard InChI is InChI=1S/C31H43N3O7/c1-30(2,3)25-26(35)34-17-22(15-24(34)27(36)39-6)41-29(38)33-16-21-13-10-12-20(23(21)18-33)11-8-7-9-14-31(4,5)19-40-28(37)32-25/h8,10-13,22,24-25H,7,9,14-19H2,1-6H3,(H,32,37)/b11-8+/t22-,24+,25-/m1/s1. The van der Waals surface area contributed by atoms with E-state index in [9.17, 15) is 19.2 Å². The minimum Gasteiger partial charge on any atom is -0.467 e. The van der Waals surface area contributed by atoms with E-state index in [-0.39, 0.29) is 25.0 Å². The van der Waals surface area contributed by atoms with Gasteiger partial charge in [-0.15, -0.1) is 0 Å². The van der Waals surface area contributed by atoms with Gasteiger partial charge in [-0.1, -0.05) is 65.0 Å². The molecule has 0 aliphatic carbocycles. The number of carbonyl (C=O) groups is 4. The van der Waals surface area contributed by atoms with Crippen LogP contribution in [0, 0.1) is 10.8 Å². The maximum Gasteiger partial charge on any atom is 0.410 e. The lowest BCUT2D eigenvalue weighted by atomic mass is 9.85. The Morgan fingerprint density at radius 3 is 2.61 bits per heavy atom. The van der Waals surface area contributed by atoms with E-state index in [4.69, 9.17) is 14.2 Å². The normalized spacial score (nSPS) is 26.4. The van der Waals surface area contributed by atoms with Crippen LogP contribution < -0.4 is 5.32 Å². The Morgan fingerprint density at radius 1 is 1.15 bits per heavy atom. The highest BCUT2D eigenvalue weighted by molar-refractivity contribution is 5.91. The molecule has 1 saturated heterocycles. The van der Waals surface area contributed by atoms with Crippen LogP contribution in [0.3, 0.4) is 0 Å². The van der Waals surface area contributed by atoms with Crippen molar-refractivity contribution < 1.29 is 33.4 Å². The molecule has 3 amide bonds. The number of amides is 3. The van der Waals surface area contributed by atoms with Crippen LogP contribution in [0.2, 0.25) is 0 Å². The van der Waals surface area contributed by atoms with Gasteiger partial charge >= 0.3 is 18.2 Å². The summed E-state index contributed by atoms with van der Waals surface area (Å²) in [5.41, 5.74) is 2.29. The Morgan fingerprint density at radius 2 is 1.90 bits per heavy atom. The summed E-state index contributed by atoms with van der Waals surface area (Å²) in [5.74, 6) is -1.06. The fraction of sp³-hybridized carbons (Fsp3) is 0.613. The second-order valence-electron chi connectivity index (χ2n) is 13.1. The van der Waals surface area contributed by atoms with Crippen LogP contribution in [0.5, 0.6) is 0 Å². The molecule has 3 atom stereocenters. The predicted molar refractivity (Wildman–Crippen MR) is 152 cm³/mol. The highest BCUT2D eigenvalue weighted by Gasteiger charge is 2.47. The molecule has 1 aromatic rings. The fourth-order valence-electron chi connectivity index (χ4n) is 5.65. The molecule has 10 heteroatoms. The van der Waals surface area contributed by atoms with E-state index in [2.05, 4.69) is 17.5 Å². The number of rotatable bonds is 1. The third-order valence-corrected chi connectivity index (χ3v) is 8.06. The van der Waals surface area contributed by atoms with Crippen molar-refractivity contribution in [3.8, 4) is 0 Å². The number of nitrogens with one attached hydrogen (secondary N) is 1. The molecule has 3 aliphatic rings. The number of benzene rings is 1. The second kappa shape index (κ2) is 12.1. The smallest absolute Gasteiger partial charge is 0.410 e. The molecule has 10 nitrogen and oxygen atoms in total. The first-order valence-electron chi connectivity index (χ1n) is 14.3. The first-order valence-corrected chi connectivity index (χ1v) is 14.3. The van der Waals surface area contributed by atoms with Crippen LogP contribution in [0.25, 0.3) is 6.08 Å². The van der Waals surface area contributed by atoms with Crippen LogP contribution in [-0.2, 0) is 36.9 Å². The predicted octanol–water partition coefficient (Wildman–Crippen LogP) is 4.65. The molecule has 4 rings (SSSR count). The lowest BCUT2D eigenvalue weighted by Crippen LogP contribution is -2.57. The van der Waals surface area contributed by atoms with Crippen molar-refractivity contribution in [2.24, 2.45) is 10.8 Å². The Hall–Kier alpha value is -3.56. The number of allylic oxidation sites excluding steroid dienone is 1. The van der Waals surface area contributed by atoms with Crippen LogP contribution >= 0.6 is 0 Å². The van der Waals surface area contributed by atoms with Gasteiger partial charge in [-0.2, -0.15) is 0 Å². The number of esters is 1. The number of nitrogens with zero attached hydrogens (tertiary/aromatic N) is 2. The first-order chi connectivity index (χ1) is 19.3. The van der Waals surface area contributed by atoms with E-state index in [1.807, 2.05) is 52.8 Å². The van der Waals surface area contributed by atoms with Crippen molar-refractivity contribution in [3.05, 3.63) is 41.0 Å². The van der Waals surface area contributed by atoms with E-state index in [0.29, 0.717) is 13.1 Å². The summed E-state index contributed by atoms with van der Waals surface area (Å²) in [7, 11) is 1.26. The summed E-state index contributed by atoms with van der Waals surface area (Å²) in [6.45, 7) is 10.6. The molecule has 224 valence electrons. The van der Waals surface area contributed by atoms with Crippen LogP contribution in [-0.4, -0.2) is 72.3 Å². The topological polar surface area (TPSA) is 114 Å². The maximum absolute atomic E-state index is 13.9. The van der Waals surface area contributed by atoms with Gasteiger partial charge < -0.3 is 24.4 Å². The number of ether oxygens (including phenoxy) is 3. The van der Waals surface area contributed by atoms with Gasteiger partial charge in [-0.05, 0) is 46.8 Å². The molecule has 1 N–H and O–H groups in total. The quantitative estimate of drug-likeness (QED) is 0.387. The lowest BCUT2D eigenvalue weighted by Gasteiger charge is -2.35. The molecule has 3 aliphatic heterocycles. The first kappa shape index (κ1) is 30.4. The zero-order valence-corrected chi connectivity index (χ0v) is 25.0. The van der Waals surface area contributed by atoms with Gasteiger partial charge in [-0.3, -0.25) is 9.69 Å². The largest absolute Gasteiger partial charge is 0.467 e. The molecule has 0 saturated carbocycles. The molecule has 1 aromatic carbocycles. The van der Waals surface area contributed by atoms with Crippen molar-refractivity contribution in [2.75, 3.05) is 20.3 Å². The number of hydrogen-bond acceptors (Lipinski definition) is 7. The monoisotopic (exact) mass is 569 g/mol. The van der Waals surface area contributed by atoms with Gasteiger partial charge in [0.15, 0.2) is 0 Å². The third kappa shape index (κ3) is 7.21. The van der Waals surface area contributed by atoms with Crippen molar-refractivity contribution in [3.63, 3.8) is 0 Å². The highest BCUT2D eigenvalue weighted by atomic mass is 16.6. The summed E-state index contributed by atoms with van der Waals surface area (Å²) in [6, 6.07) is 4.13. The van der Waals surface area contributed by atoms with Crippen molar-refractivity contribution in [2.45, 2.75) is 91.6 Å². The summed E-state index contributed by atoms with van der Waals surface area (Å²) in [4.78, 5) is 55.7. The van der Waals surface area contributed by atoms with Gasteiger partial charge in [0.2, 0.25) is 5.91 Å². The molecule has 4 bridgehead atoms. The maximum atomic E-state index is 13.9. The van der Waals surface area contributed by atoms with Gasteiger partial charge in [0, 0.05) is 13.0 Å². The summed E-state index contributed by atoms with van der Waals surface area (Å²) >= 11 is 0. The van der Waals surface area contributed by atoms with E-state index >= 15 is 0 Å². The highest BCUT2D eigenvalue weighted by Crippen LogP contribution is 2.31. The summed E-state index contributed by atoms with van der Waals surface area (Å²) < 4.78 is 16.4. The number of hydrogen-bond donors (Lipinski definition) is 1. The number of cyclic esters (lactones) is 1. The van der Waals surface area contributed by atoms with Crippen LogP contribution in [0.4, 0.5) is 9.59 Å². The van der Waals surface area contributed by atoms with E-state index in [0.717, 1.165) is 36.0 Å². The van der Waals surface area contributed by atoms with E-state index in [1.165, 1.54) is 12.0 Å². The zero-order valence-electron chi connectivity index (χ0n) is 25.0. The van der Waals surface area contributed by atoms with Gasteiger partial charge in [0.05, 0.1) is 26.8 Å². The fourth-order valence-corrected chi connectivity index (χ4v) is 5.65. The SMILES string of the molecule is COC(=O)[C@@H]1C[C@@H]2CN1C(=O)[C@H](C(C)(C)C)NC(=O)OCC(C)(C)CCC/C=C/c1cccc3c1CN(C3)C(=O)O2. The summed E-state index contributed by atoms with van der Waals surface area (Å²) in [6.07, 6.45) is 5.06. The molecular weight excluding hydrogens is 526 g/mol. The molecule has 41 heavy (non-hydrogen) atoms. The number of methoxy groups -OCH3 is 1. The van der Waals surface area contributed by atoms with Crippen LogP contribution in [0.1, 0.15) is 77.0 Å². The average Bonchev–Trinajstić information content (AvgIpc) is 3.53. The number of fused-ring (bicyclic) bond motifs is 3. The van der Waals surface area contributed by atoms with Crippen molar-refractivity contribution >= 4 is 30.1 Å². The zero-order chi connectivity index (χ0) is 29.9. The van der Waals surface area contributed by atoms with Crippen molar-refractivity contribution in [1.82, 2.24) is 15.1 Å². The van der Waals surface area contributed by atoms with Gasteiger partial charge in [0.25, 0.3) is 0 Å². The Balaban J connectivity index is 1.62. The second-order valence-corrected chi connectivity index (χ2v) is 13.1. The average molecular weight is 570 g/mol.